The molecule has 0 aromatic carbocycles. The van der Waals surface area contributed by atoms with Crippen molar-refractivity contribution in [3.63, 3.8) is 0 Å². The first-order valence-electron chi connectivity index (χ1n) is 14.4. The van der Waals surface area contributed by atoms with E-state index < -0.39 is 46.6 Å². The monoisotopic (exact) mass is 534 g/mol. The lowest BCUT2D eigenvalue weighted by Gasteiger charge is -2.65. The largest absolute Gasteiger partial charge is 0.458 e. The highest BCUT2D eigenvalue weighted by atomic mass is 16.7. The number of hydrogen-bond acceptors (Lipinski definition) is 9. The van der Waals surface area contributed by atoms with E-state index in [2.05, 4.69) is 6.92 Å². The van der Waals surface area contributed by atoms with Gasteiger partial charge in [-0.15, -0.1) is 0 Å². The standard InChI is InChI=1S/C29H42O9/c1-16-25(33)22(31)12-24(37-16)38-18-3-8-27(15-30)20-4-7-26(2)19(17-11-23(32)36-14-17)6-10-29(26,35)21(20)5-9-28(27,34)13-18/h11,15-16,18-22,24-25,31,33-35H,3-10,12-14H2,1-2H3/t16-,18+,19-,20+,21-,22+,24+,25-,26-,27+,28+,29+/m1/s1. The normalized spacial score (nSPS) is 54.4. The Balaban J connectivity index is 1.22. The Morgan fingerprint density at radius 2 is 1.82 bits per heavy atom. The average molecular weight is 535 g/mol. The van der Waals surface area contributed by atoms with Gasteiger partial charge in [-0.2, -0.15) is 0 Å². The summed E-state index contributed by atoms with van der Waals surface area (Å²) >= 11 is 0. The highest BCUT2D eigenvalue weighted by molar-refractivity contribution is 5.85. The molecule has 1 saturated heterocycles. The summed E-state index contributed by atoms with van der Waals surface area (Å²) in [4.78, 5) is 24.7. The number of ether oxygens (including phenoxy) is 3. The molecule has 9 nitrogen and oxygen atoms in total. The van der Waals surface area contributed by atoms with E-state index in [0.29, 0.717) is 45.1 Å². The van der Waals surface area contributed by atoms with Crippen molar-refractivity contribution >= 4 is 12.3 Å². The minimum atomic E-state index is -1.24. The fraction of sp³-hybridized carbons (Fsp3) is 0.862. The second-order valence-corrected chi connectivity index (χ2v) is 13.3. The van der Waals surface area contributed by atoms with Gasteiger partial charge >= 0.3 is 5.97 Å². The first-order valence-corrected chi connectivity index (χ1v) is 14.4. The van der Waals surface area contributed by atoms with Crippen molar-refractivity contribution < 1.29 is 44.2 Å². The summed E-state index contributed by atoms with van der Waals surface area (Å²) in [5, 5.41) is 44.6. The van der Waals surface area contributed by atoms with Gasteiger partial charge in [-0.1, -0.05) is 6.92 Å². The summed E-state index contributed by atoms with van der Waals surface area (Å²) in [7, 11) is 0. The molecule has 4 saturated carbocycles. The van der Waals surface area contributed by atoms with Crippen molar-refractivity contribution in [1.82, 2.24) is 0 Å². The van der Waals surface area contributed by atoms with Gasteiger partial charge in [0.25, 0.3) is 0 Å². The Bertz CT molecular complexity index is 1000. The fourth-order valence-corrected chi connectivity index (χ4v) is 9.76. The lowest BCUT2D eigenvalue weighted by atomic mass is 9.41. The number of rotatable bonds is 4. The molecule has 38 heavy (non-hydrogen) atoms. The SMILES string of the molecule is C[C@H]1O[C@@H](O[C@H]2CC[C@]3(C=O)[C@H]4CC[C@]5(C)[C@@H](C6=CC(=O)OC6)CC[C@]5(O)[C@@H]4CC[C@]3(O)C2)C[C@H](O)[C@@H]1O. The van der Waals surface area contributed by atoms with Gasteiger partial charge in [-0.05, 0) is 81.6 Å². The maximum atomic E-state index is 12.9. The molecule has 6 rings (SSSR count). The number of esters is 1. The molecule has 0 spiro atoms. The van der Waals surface area contributed by atoms with Crippen LogP contribution in [0.25, 0.3) is 0 Å². The Labute approximate surface area is 223 Å². The third-order valence-corrected chi connectivity index (χ3v) is 11.9. The van der Waals surface area contributed by atoms with Crippen LogP contribution >= 0.6 is 0 Å². The van der Waals surface area contributed by atoms with Crippen molar-refractivity contribution in [3.8, 4) is 0 Å². The van der Waals surface area contributed by atoms with Crippen LogP contribution in [0.15, 0.2) is 11.6 Å². The number of aliphatic hydroxyl groups excluding tert-OH is 2. The van der Waals surface area contributed by atoms with E-state index in [9.17, 15) is 30.0 Å². The topological polar surface area (TPSA) is 143 Å². The van der Waals surface area contributed by atoms with E-state index in [-0.39, 0.29) is 36.2 Å². The number of carbonyl (C=O) groups excluding carboxylic acids is 2. The van der Waals surface area contributed by atoms with E-state index >= 15 is 0 Å². The smallest absolute Gasteiger partial charge is 0.331 e. The maximum Gasteiger partial charge on any atom is 0.331 e. The molecule has 2 heterocycles. The molecule has 4 aliphatic carbocycles. The van der Waals surface area contributed by atoms with E-state index in [1.54, 1.807) is 13.0 Å². The highest BCUT2D eigenvalue weighted by Gasteiger charge is 2.71. The molecule has 6 aliphatic rings. The van der Waals surface area contributed by atoms with Crippen molar-refractivity contribution in [2.45, 2.75) is 120 Å². The molecule has 2 aliphatic heterocycles. The van der Waals surface area contributed by atoms with Crippen LogP contribution in [-0.2, 0) is 23.8 Å². The zero-order valence-electron chi connectivity index (χ0n) is 22.4. The minimum Gasteiger partial charge on any atom is -0.458 e. The quantitative estimate of drug-likeness (QED) is 0.241. The number of hydrogen-bond donors (Lipinski definition) is 4. The average Bonchev–Trinajstić information content (AvgIpc) is 3.41. The molecular formula is C29H42O9. The molecule has 0 bridgehead atoms. The van der Waals surface area contributed by atoms with Crippen LogP contribution < -0.4 is 0 Å². The maximum absolute atomic E-state index is 12.9. The zero-order chi connectivity index (χ0) is 27.1. The second-order valence-electron chi connectivity index (χ2n) is 13.3. The van der Waals surface area contributed by atoms with Crippen molar-refractivity contribution in [3.05, 3.63) is 11.6 Å². The van der Waals surface area contributed by atoms with Gasteiger partial charge in [0.2, 0.25) is 0 Å². The summed E-state index contributed by atoms with van der Waals surface area (Å²) in [5.74, 6) is -0.473. The van der Waals surface area contributed by atoms with Gasteiger partial charge in [0, 0.05) is 24.3 Å². The Morgan fingerprint density at radius 1 is 1.05 bits per heavy atom. The number of aldehydes is 1. The summed E-state index contributed by atoms with van der Waals surface area (Å²) < 4.78 is 17.1. The van der Waals surface area contributed by atoms with Crippen LogP contribution in [0.4, 0.5) is 0 Å². The third-order valence-electron chi connectivity index (χ3n) is 11.9. The molecule has 0 unspecified atom stereocenters. The molecular weight excluding hydrogens is 492 g/mol. The molecule has 4 N–H and O–H groups in total. The van der Waals surface area contributed by atoms with Gasteiger partial charge in [0.15, 0.2) is 6.29 Å². The summed E-state index contributed by atoms with van der Waals surface area (Å²) in [6.45, 7) is 4.13. The van der Waals surface area contributed by atoms with E-state index in [0.717, 1.165) is 31.1 Å². The van der Waals surface area contributed by atoms with Gasteiger partial charge < -0.3 is 39.4 Å². The molecule has 0 aromatic rings. The predicted molar refractivity (Wildman–Crippen MR) is 133 cm³/mol. The predicted octanol–water partition coefficient (Wildman–Crippen LogP) is 1.78. The van der Waals surface area contributed by atoms with Crippen molar-refractivity contribution in [2.75, 3.05) is 6.61 Å². The Morgan fingerprint density at radius 3 is 2.50 bits per heavy atom. The number of carbonyl (C=O) groups is 2. The molecule has 12 atom stereocenters. The Kier molecular flexibility index (Phi) is 6.41. The molecule has 0 amide bonds. The lowest BCUT2D eigenvalue weighted by Crippen LogP contribution is -2.69. The van der Waals surface area contributed by atoms with Crippen LogP contribution in [0.2, 0.25) is 0 Å². The van der Waals surface area contributed by atoms with Crippen molar-refractivity contribution in [2.24, 2.45) is 28.6 Å². The molecule has 0 radical (unpaired) electrons. The number of aliphatic hydroxyl groups is 4. The second kappa shape index (κ2) is 9.08. The summed E-state index contributed by atoms with van der Waals surface area (Å²) in [6, 6.07) is 0. The van der Waals surface area contributed by atoms with Crippen LogP contribution in [0, 0.1) is 28.6 Å². The molecule has 9 heteroatoms. The summed E-state index contributed by atoms with van der Waals surface area (Å²) in [5.41, 5.74) is -2.60. The zero-order valence-corrected chi connectivity index (χ0v) is 22.4. The first-order chi connectivity index (χ1) is 18.0. The third kappa shape index (κ3) is 3.65. The van der Waals surface area contributed by atoms with Crippen LogP contribution in [0.1, 0.15) is 78.1 Å². The highest BCUT2D eigenvalue weighted by Crippen LogP contribution is 2.70. The molecule has 5 fully saturated rings. The minimum absolute atomic E-state index is 0.0729. The number of cyclic esters (lactones) is 1. The summed E-state index contributed by atoms with van der Waals surface area (Å²) in [6.07, 6.45) is 4.50. The van der Waals surface area contributed by atoms with Crippen LogP contribution in [0.3, 0.4) is 0 Å². The van der Waals surface area contributed by atoms with Gasteiger partial charge in [0.05, 0.1) is 34.9 Å². The number of fused-ring (bicyclic) bond motifs is 5. The molecule has 0 aromatic heterocycles. The van der Waals surface area contributed by atoms with Crippen LogP contribution in [-0.4, -0.2) is 81.2 Å². The van der Waals surface area contributed by atoms with E-state index in [1.807, 2.05) is 0 Å². The first kappa shape index (κ1) is 26.8. The van der Waals surface area contributed by atoms with E-state index in [4.69, 9.17) is 14.2 Å². The van der Waals surface area contributed by atoms with Gasteiger partial charge in [0.1, 0.15) is 19.0 Å². The van der Waals surface area contributed by atoms with E-state index in [1.165, 1.54) is 0 Å². The van der Waals surface area contributed by atoms with Gasteiger partial charge in [-0.25, -0.2) is 4.79 Å². The van der Waals surface area contributed by atoms with Crippen LogP contribution in [0.5, 0.6) is 0 Å². The van der Waals surface area contributed by atoms with Crippen molar-refractivity contribution in [1.29, 1.82) is 0 Å². The lowest BCUT2D eigenvalue weighted by molar-refractivity contribution is -0.286. The van der Waals surface area contributed by atoms with Gasteiger partial charge in [-0.3, -0.25) is 0 Å². The fourth-order valence-electron chi connectivity index (χ4n) is 9.76. The Hall–Kier alpha value is -1.36. The molecule has 212 valence electrons.